The summed E-state index contributed by atoms with van der Waals surface area (Å²) in [7, 11) is 1.18. The van der Waals surface area contributed by atoms with Crippen LogP contribution in [0.4, 0.5) is 5.69 Å². The summed E-state index contributed by atoms with van der Waals surface area (Å²) >= 11 is 0. The zero-order valence-electron chi connectivity index (χ0n) is 8.45. The molecule has 0 heterocycles. The number of hydrogen-bond donors (Lipinski definition) is 1. The second-order valence-electron chi connectivity index (χ2n) is 2.82. The highest BCUT2D eigenvalue weighted by molar-refractivity contribution is 5.85. The van der Waals surface area contributed by atoms with Gasteiger partial charge in [0.2, 0.25) is 0 Å². The van der Waals surface area contributed by atoms with Crippen molar-refractivity contribution in [1.29, 1.82) is 0 Å². The molecule has 0 spiro atoms. The molecule has 0 bridgehead atoms. The highest BCUT2D eigenvalue weighted by atomic mass is 35.5. The number of nitro benzene ring substituents is 1. The lowest BCUT2D eigenvalue weighted by molar-refractivity contribution is -0.385. The summed E-state index contributed by atoms with van der Waals surface area (Å²) in [6.07, 6.45) is 0. The first-order chi connectivity index (χ1) is 7.07. The number of nitro groups is 1. The molecule has 0 aliphatic heterocycles. The van der Waals surface area contributed by atoms with Gasteiger partial charge in [0, 0.05) is 6.07 Å². The maximum atomic E-state index is 11.1. The van der Waals surface area contributed by atoms with Gasteiger partial charge in [-0.1, -0.05) is 12.1 Å². The molecule has 1 atom stereocenters. The van der Waals surface area contributed by atoms with E-state index in [9.17, 15) is 14.9 Å². The van der Waals surface area contributed by atoms with Gasteiger partial charge in [-0.15, -0.1) is 12.4 Å². The van der Waals surface area contributed by atoms with E-state index in [-0.39, 0.29) is 23.7 Å². The lowest BCUT2D eigenvalue weighted by atomic mass is 10.1. The average molecular weight is 247 g/mol. The van der Waals surface area contributed by atoms with E-state index < -0.39 is 16.9 Å². The molecule has 7 heteroatoms. The molecule has 1 rings (SSSR count). The molecule has 1 aromatic carbocycles. The summed E-state index contributed by atoms with van der Waals surface area (Å²) in [5.41, 5.74) is 5.47. The monoisotopic (exact) mass is 246 g/mol. The molecule has 0 radical (unpaired) electrons. The van der Waals surface area contributed by atoms with Gasteiger partial charge in [-0.3, -0.25) is 10.1 Å². The fourth-order valence-corrected chi connectivity index (χ4v) is 1.17. The molecule has 88 valence electrons. The van der Waals surface area contributed by atoms with Crippen LogP contribution in [0.25, 0.3) is 0 Å². The van der Waals surface area contributed by atoms with Gasteiger partial charge < -0.3 is 10.5 Å². The van der Waals surface area contributed by atoms with E-state index in [2.05, 4.69) is 4.74 Å². The minimum Gasteiger partial charge on any atom is -0.468 e. The van der Waals surface area contributed by atoms with Crippen LogP contribution in [0.2, 0.25) is 0 Å². The lowest BCUT2D eigenvalue weighted by Gasteiger charge is -2.09. The zero-order valence-corrected chi connectivity index (χ0v) is 9.27. The summed E-state index contributed by atoms with van der Waals surface area (Å²) in [6.45, 7) is 0. The predicted molar refractivity (Wildman–Crippen MR) is 59.3 cm³/mol. The van der Waals surface area contributed by atoms with E-state index in [0.29, 0.717) is 0 Å². The van der Waals surface area contributed by atoms with Crippen molar-refractivity contribution in [2.45, 2.75) is 6.04 Å². The maximum Gasteiger partial charge on any atom is 0.327 e. The van der Waals surface area contributed by atoms with Crippen LogP contribution in [-0.2, 0) is 9.53 Å². The first kappa shape index (κ1) is 14.3. The van der Waals surface area contributed by atoms with Gasteiger partial charge >= 0.3 is 5.97 Å². The van der Waals surface area contributed by atoms with Crippen molar-refractivity contribution in [1.82, 2.24) is 0 Å². The summed E-state index contributed by atoms with van der Waals surface area (Å²) < 4.78 is 4.41. The Morgan fingerprint density at radius 3 is 2.56 bits per heavy atom. The average Bonchev–Trinajstić information content (AvgIpc) is 2.27. The molecule has 0 aromatic heterocycles. The second kappa shape index (κ2) is 6.04. The standard InChI is InChI=1S/C9H10N2O4.ClH/c1-15-9(12)8(10)6-4-2-3-5-7(6)11(13)14;/h2-5,8H,10H2,1H3;1H/t8-;/m1./s1. The number of para-hydroxylation sites is 1. The zero-order chi connectivity index (χ0) is 11.4. The number of nitrogens with zero attached hydrogens (tertiary/aromatic N) is 1. The van der Waals surface area contributed by atoms with Crippen molar-refractivity contribution < 1.29 is 14.5 Å². The highest BCUT2D eigenvalue weighted by Crippen LogP contribution is 2.23. The molecule has 0 saturated carbocycles. The Labute approximate surface area is 97.9 Å². The van der Waals surface area contributed by atoms with Gasteiger partial charge in [0.25, 0.3) is 5.69 Å². The van der Waals surface area contributed by atoms with Crippen molar-refractivity contribution in [2.24, 2.45) is 5.73 Å². The largest absolute Gasteiger partial charge is 0.468 e. The minimum atomic E-state index is -1.13. The smallest absolute Gasteiger partial charge is 0.327 e. The molecule has 0 fully saturated rings. The minimum absolute atomic E-state index is 0. The Balaban J connectivity index is 0.00000225. The lowest BCUT2D eigenvalue weighted by Crippen LogP contribution is -2.23. The molecule has 2 N–H and O–H groups in total. The van der Waals surface area contributed by atoms with Crippen molar-refractivity contribution in [2.75, 3.05) is 7.11 Å². The molecule has 0 unspecified atom stereocenters. The Kier molecular flexibility index (Phi) is 5.41. The second-order valence-corrected chi connectivity index (χ2v) is 2.82. The Hall–Kier alpha value is -1.66. The third kappa shape index (κ3) is 2.91. The topological polar surface area (TPSA) is 95.5 Å². The molecular weight excluding hydrogens is 236 g/mol. The van der Waals surface area contributed by atoms with Gasteiger partial charge in [0.05, 0.1) is 17.6 Å². The fraction of sp³-hybridized carbons (Fsp3) is 0.222. The SMILES string of the molecule is COC(=O)[C@H](N)c1ccccc1[N+](=O)[O-].Cl. The van der Waals surface area contributed by atoms with Crippen LogP contribution in [0.15, 0.2) is 24.3 Å². The number of methoxy groups -OCH3 is 1. The van der Waals surface area contributed by atoms with Gasteiger partial charge in [0.1, 0.15) is 6.04 Å². The number of carbonyl (C=O) groups excluding carboxylic acids is 1. The summed E-state index contributed by atoms with van der Waals surface area (Å²) in [6, 6.07) is 4.67. The van der Waals surface area contributed by atoms with E-state index in [4.69, 9.17) is 5.73 Å². The van der Waals surface area contributed by atoms with Gasteiger partial charge in [-0.25, -0.2) is 4.79 Å². The summed E-state index contributed by atoms with van der Waals surface area (Å²) in [5, 5.41) is 10.6. The summed E-state index contributed by atoms with van der Waals surface area (Å²) in [4.78, 5) is 21.2. The quantitative estimate of drug-likeness (QED) is 0.491. The Morgan fingerprint density at radius 1 is 1.50 bits per heavy atom. The number of benzene rings is 1. The summed E-state index contributed by atoms with van der Waals surface area (Å²) in [5.74, 6) is -0.704. The van der Waals surface area contributed by atoms with Crippen LogP contribution < -0.4 is 5.73 Å². The van der Waals surface area contributed by atoms with E-state index in [1.807, 2.05) is 0 Å². The first-order valence-corrected chi connectivity index (χ1v) is 4.14. The number of ether oxygens (including phenoxy) is 1. The van der Waals surface area contributed by atoms with Crippen LogP contribution in [-0.4, -0.2) is 18.0 Å². The maximum absolute atomic E-state index is 11.1. The van der Waals surface area contributed by atoms with Crippen LogP contribution in [0, 0.1) is 10.1 Å². The van der Waals surface area contributed by atoms with Crippen LogP contribution in [0.3, 0.4) is 0 Å². The molecule has 0 saturated heterocycles. The number of halogens is 1. The molecule has 1 aromatic rings. The van der Waals surface area contributed by atoms with Gasteiger partial charge in [-0.05, 0) is 6.07 Å². The molecule has 0 aliphatic carbocycles. The fourth-order valence-electron chi connectivity index (χ4n) is 1.17. The van der Waals surface area contributed by atoms with Crippen molar-refractivity contribution in [3.05, 3.63) is 39.9 Å². The third-order valence-electron chi connectivity index (χ3n) is 1.92. The number of nitrogens with two attached hydrogens (primary N) is 1. The highest BCUT2D eigenvalue weighted by Gasteiger charge is 2.24. The number of esters is 1. The third-order valence-corrected chi connectivity index (χ3v) is 1.92. The predicted octanol–water partition coefficient (Wildman–Crippen LogP) is 1.19. The Bertz CT molecular complexity index is 397. The first-order valence-electron chi connectivity index (χ1n) is 4.14. The van der Waals surface area contributed by atoms with Crippen molar-refractivity contribution in [3.8, 4) is 0 Å². The molecule has 6 nitrogen and oxygen atoms in total. The molecule has 16 heavy (non-hydrogen) atoms. The Morgan fingerprint density at radius 2 is 2.06 bits per heavy atom. The van der Waals surface area contributed by atoms with E-state index in [1.165, 1.54) is 25.3 Å². The van der Waals surface area contributed by atoms with Crippen LogP contribution in [0.5, 0.6) is 0 Å². The molecule has 0 amide bonds. The van der Waals surface area contributed by atoms with Gasteiger partial charge in [0.15, 0.2) is 0 Å². The molecular formula is C9H11ClN2O4. The van der Waals surface area contributed by atoms with Crippen molar-refractivity contribution in [3.63, 3.8) is 0 Å². The van der Waals surface area contributed by atoms with Gasteiger partial charge in [-0.2, -0.15) is 0 Å². The van der Waals surface area contributed by atoms with E-state index >= 15 is 0 Å². The normalized spacial score (nSPS) is 11.1. The number of hydrogen-bond acceptors (Lipinski definition) is 5. The van der Waals surface area contributed by atoms with E-state index in [1.54, 1.807) is 6.07 Å². The van der Waals surface area contributed by atoms with Crippen LogP contribution in [0.1, 0.15) is 11.6 Å². The van der Waals surface area contributed by atoms with Crippen LogP contribution >= 0.6 is 12.4 Å². The van der Waals surface area contributed by atoms with Crippen molar-refractivity contribution >= 4 is 24.1 Å². The number of carbonyl (C=O) groups is 1. The van der Waals surface area contributed by atoms with E-state index in [0.717, 1.165) is 0 Å². The molecule has 0 aliphatic rings. The number of rotatable bonds is 3.